The van der Waals surface area contributed by atoms with Crippen molar-refractivity contribution in [3.8, 4) is 17.2 Å². The Balaban J connectivity index is 1.45. The van der Waals surface area contributed by atoms with Gasteiger partial charge in [0.1, 0.15) is 30.5 Å². The Morgan fingerprint density at radius 2 is 1.38 bits per heavy atom. The number of anilines is 1. The molecule has 3 aromatic carbocycles. The molecule has 26 heavy (non-hydrogen) atoms. The van der Waals surface area contributed by atoms with E-state index in [1.807, 2.05) is 72.8 Å². The van der Waals surface area contributed by atoms with Gasteiger partial charge in [-0.15, -0.1) is 0 Å². The summed E-state index contributed by atoms with van der Waals surface area (Å²) in [5, 5.41) is 3.39. The first-order chi connectivity index (χ1) is 12.8. The Morgan fingerprint density at radius 1 is 0.692 bits per heavy atom. The molecule has 0 radical (unpaired) electrons. The zero-order valence-electron chi connectivity index (χ0n) is 14.9. The molecule has 4 heteroatoms. The maximum atomic E-state index is 5.78. The second kappa shape index (κ2) is 9.37. The molecule has 3 aromatic rings. The van der Waals surface area contributed by atoms with Gasteiger partial charge in [-0.25, -0.2) is 0 Å². The molecule has 4 nitrogen and oxygen atoms in total. The standard InChI is InChI=1S/C22H23NO3/c1-24-20-12-10-19(11-13-20)23-17-18-6-5-9-22(16-18)26-15-14-25-21-7-3-2-4-8-21/h2-13,16,23H,14-15,17H2,1H3. The Hall–Kier alpha value is -3.14. The smallest absolute Gasteiger partial charge is 0.122 e. The summed E-state index contributed by atoms with van der Waals surface area (Å²) in [6.45, 7) is 1.74. The average Bonchev–Trinajstić information content (AvgIpc) is 2.71. The fourth-order valence-corrected chi connectivity index (χ4v) is 2.49. The summed E-state index contributed by atoms with van der Waals surface area (Å²) < 4.78 is 16.6. The number of rotatable bonds is 9. The SMILES string of the molecule is COc1ccc(NCc2cccc(OCCOc3ccccc3)c2)cc1. The third-order valence-electron chi connectivity index (χ3n) is 3.85. The molecule has 0 saturated carbocycles. The van der Waals surface area contributed by atoms with Crippen molar-refractivity contribution in [3.63, 3.8) is 0 Å². The van der Waals surface area contributed by atoms with Crippen molar-refractivity contribution >= 4 is 5.69 Å². The van der Waals surface area contributed by atoms with Gasteiger partial charge >= 0.3 is 0 Å². The van der Waals surface area contributed by atoms with Crippen molar-refractivity contribution in [1.82, 2.24) is 0 Å². The van der Waals surface area contributed by atoms with Gasteiger partial charge in [0, 0.05) is 12.2 Å². The Bertz CT molecular complexity index is 788. The molecule has 0 atom stereocenters. The normalized spacial score (nSPS) is 10.2. The van der Waals surface area contributed by atoms with Crippen molar-refractivity contribution in [2.45, 2.75) is 6.54 Å². The predicted octanol–water partition coefficient (Wildman–Crippen LogP) is 4.77. The van der Waals surface area contributed by atoms with Crippen LogP contribution in [0.1, 0.15) is 5.56 Å². The van der Waals surface area contributed by atoms with Crippen LogP contribution >= 0.6 is 0 Å². The second-order valence-electron chi connectivity index (χ2n) is 5.74. The van der Waals surface area contributed by atoms with Gasteiger partial charge in [-0.3, -0.25) is 0 Å². The summed E-state index contributed by atoms with van der Waals surface area (Å²) in [4.78, 5) is 0. The van der Waals surface area contributed by atoms with Crippen LogP contribution in [0.5, 0.6) is 17.2 Å². The maximum absolute atomic E-state index is 5.78. The topological polar surface area (TPSA) is 39.7 Å². The molecule has 0 aliphatic rings. The van der Waals surface area contributed by atoms with Crippen LogP contribution in [0, 0.1) is 0 Å². The summed E-state index contributed by atoms with van der Waals surface area (Å²) in [7, 11) is 1.67. The van der Waals surface area contributed by atoms with Gasteiger partial charge in [-0.1, -0.05) is 30.3 Å². The van der Waals surface area contributed by atoms with E-state index in [1.165, 1.54) is 0 Å². The lowest BCUT2D eigenvalue weighted by Crippen LogP contribution is -2.09. The summed E-state index contributed by atoms with van der Waals surface area (Å²) >= 11 is 0. The number of ether oxygens (including phenoxy) is 3. The summed E-state index contributed by atoms with van der Waals surface area (Å²) in [5.41, 5.74) is 2.20. The van der Waals surface area contributed by atoms with Crippen LogP contribution in [-0.2, 0) is 6.54 Å². The number of hydrogen-bond acceptors (Lipinski definition) is 4. The third-order valence-corrected chi connectivity index (χ3v) is 3.85. The Labute approximate surface area is 154 Å². The highest BCUT2D eigenvalue weighted by Gasteiger charge is 1.99. The van der Waals surface area contributed by atoms with Gasteiger partial charge in [0.2, 0.25) is 0 Å². The average molecular weight is 349 g/mol. The minimum absolute atomic E-state index is 0.504. The third kappa shape index (κ3) is 5.45. The largest absolute Gasteiger partial charge is 0.497 e. The zero-order valence-corrected chi connectivity index (χ0v) is 14.9. The van der Waals surface area contributed by atoms with Crippen LogP contribution < -0.4 is 19.5 Å². The molecule has 1 N–H and O–H groups in total. The molecule has 0 heterocycles. The maximum Gasteiger partial charge on any atom is 0.122 e. The van der Waals surface area contributed by atoms with E-state index in [4.69, 9.17) is 14.2 Å². The highest BCUT2D eigenvalue weighted by atomic mass is 16.5. The lowest BCUT2D eigenvalue weighted by Gasteiger charge is -2.11. The molecule has 0 aromatic heterocycles. The van der Waals surface area contributed by atoms with Crippen LogP contribution in [0.25, 0.3) is 0 Å². The van der Waals surface area contributed by atoms with E-state index in [9.17, 15) is 0 Å². The molecule has 3 rings (SSSR count). The van der Waals surface area contributed by atoms with Crippen molar-refractivity contribution in [2.75, 3.05) is 25.6 Å². The predicted molar refractivity (Wildman–Crippen MR) is 104 cm³/mol. The van der Waals surface area contributed by atoms with Crippen LogP contribution in [0.3, 0.4) is 0 Å². The molecule has 0 unspecified atom stereocenters. The van der Waals surface area contributed by atoms with Gasteiger partial charge in [0.25, 0.3) is 0 Å². The number of benzene rings is 3. The van der Waals surface area contributed by atoms with Gasteiger partial charge in [0.15, 0.2) is 0 Å². The molecule has 0 aliphatic heterocycles. The first-order valence-electron chi connectivity index (χ1n) is 8.61. The van der Waals surface area contributed by atoms with Crippen molar-refractivity contribution < 1.29 is 14.2 Å². The van der Waals surface area contributed by atoms with E-state index < -0.39 is 0 Å². The van der Waals surface area contributed by atoms with E-state index in [0.717, 1.165) is 35.0 Å². The lowest BCUT2D eigenvalue weighted by molar-refractivity contribution is 0.217. The highest BCUT2D eigenvalue weighted by molar-refractivity contribution is 5.47. The number of para-hydroxylation sites is 1. The van der Waals surface area contributed by atoms with Crippen LogP contribution in [0.4, 0.5) is 5.69 Å². The minimum Gasteiger partial charge on any atom is -0.497 e. The van der Waals surface area contributed by atoms with Gasteiger partial charge in [-0.2, -0.15) is 0 Å². The molecule has 0 amide bonds. The second-order valence-corrected chi connectivity index (χ2v) is 5.74. The fraction of sp³-hybridized carbons (Fsp3) is 0.182. The Kier molecular flexibility index (Phi) is 6.37. The van der Waals surface area contributed by atoms with Gasteiger partial charge < -0.3 is 19.5 Å². The lowest BCUT2D eigenvalue weighted by atomic mass is 10.2. The summed E-state index contributed by atoms with van der Waals surface area (Å²) in [6, 6.07) is 25.7. The molecular formula is C22H23NO3. The summed E-state index contributed by atoms with van der Waals surface area (Å²) in [5.74, 6) is 2.55. The first-order valence-corrected chi connectivity index (χ1v) is 8.61. The fourth-order valence-electron chi connectivity index (χ4n) is 2.49. The van der Waals surface area contributed by atoms with E-state index in [1.54, 1.807) is 7.11 Å². The molecular weight excluding hydrogens is 326 g/mol. The first kappa shape index (κ1) is 17.7. The van der Waals surface area contributed by atoms with E-state index in [2.05, 4.69) is 11.4 Å². The molecule has 0 bridgehead atoms. The molecule has 134 valence electrons. The highest BCUT2D eigenvalue weighted by Crippen LogP contribution is 2.18. The number of hydrogen-bond donors (Lipinski definition) is 1. The molecule has 0 saturated heterocycles. The minimum atomic E-state index is 0.504. The van der Waals surface area contributed by atoms with E-state index in [-0.39, 0.29) is 0 Å². The van der Waals surface area contributed by atoms with Crippen LogP contribution in [0.2, 0.25) is 0 Å². The van der Waals surface area contributed by atoms with Crippen LogP contribution in [0.15, 0.2) is 78.9 Å². The van der Waals surface area contributed by atoms with Crippen molar-refractivity contribution in [1.29, 1.82) is 0 Å². The molecule has 0 aliphatic carbocycles. The summed E-state index contributed by atoms with van der Waals surface area (Å²) in [6.07, 6.45) is 0. The van der Waals surface area contributed by atoms with E-state index in [0.29, 0.717) is 13.2 Å². The van der Waals surface area contributed by atoms with Crippen LogP contribution in [-0.4, -0.2) is 20.3 Å². The zero-order chi connectivity index (χ0) is 18.0. The molecule has 0 fully saturated rings. The van der Waals surface area contributed by atoms with Gasteiger partial charge in [-0.05, 0) is 54.1 Å². The number of nitrogens with one attached hydrogen (secondary N) is 1. The molecule has 0 spiro atoms. The van der Waals surface area contributed by atoms with Crippen molar-refractivity contribution in [2.24, 2.45) is 0 Å². The van der Waals surface area contributed by atoms with Gasteiger partial charge in [0.05, 0.1) is 7.11 Å². The Morgan fingerprint density at radius 3 is 2.12 bits per heavy atom. The van der Waals surface area contributed by atoms with E-state index >= 15 is 0 Å². The van der Waals surface area contributed by atoms with Crippen molar-refractivity contribution in [3.05, 3.63) is 84.4 Å². The number of methoxy groups -OCH3 is 1. The quantitative estimate of drug-likeness (QED) is 0.565. The monoisotopic (exact) mass is 349 g/mol.